The van der Waals surface area contributed by atoms with E-state index in [1.807, 2.05) is 30.3 Å². The highest BCUT2D eigenvalue weighted by molar-refractivity contribution is 5.73. The van der Waals surface area contributed by atoms with Gasteiger partial charge in [0.15, 0.2) is 0 Å². The number of rotatable bonds is 10. The summed E-state index contributed by atoms with van der Waals surface area (Å²) in [4.78, 5) is 11.6. The molecular formula is C18H24N2O3. The van der Waals surface area contributed by atoms with E-state index in [2.05, 4.69) is 22.8 Å². The minimum Gasteiger partial charge on any atom is -0.467 e. The summed E-state index contributed by atoms with van der Waals surface area (Å²) in [6.45, 7) is 2.34. The summed E-state index contributed by atoms with van der Waals surface area (Å²) in [5.74, 6) is 0.814. The third-order valence-corrected chi connectivity index (χ3v) is 3.35. The predicted molar refractivity (Wildman–Crippen MR) is 89.1 cm³/mol. The Bertz CT molecular complexity index is 541. The van der Waals surface area contributed by atoms with Crippen LogP contribution in [0.15, 0.2) is 53.1 Å². The molecule has 23 heavy (non-hydrogen) atoms. The number of amides is 2. The number of benzene rings is 1. The fourth-order valence-electron chi connectivity index (χ4n) is 2.15. The topological polar surface area (TPSA) is 63.5 Å². The maximum atomic E-state index is 11.6. The van der Waals surface area contributed by atoms with Gasteiger partial charge in [0.1, 0.15) is 12.4 Å². The molecule has 0 atom stereocenters. The molecule has 2 N–H and O–H groups in total. The molecule has 0 fully saturated rings. The molecule has 0 unspecified atom stereocenters. The largest absolute Gasteiger partial charge is 0.467 e. The Morgan fingerprint density at radius 1 is 1.00 bits per heavy atom. The minimum absolute atomic E-state index is 0.121. The van der Waals surface area contributed by atoms with Crippen molar-refractivity contribution in [2.24, 2.45) is 0 Å². The average molecular weight is 316 g/mol. The molecule has 0 aliphatic rings. The van der Waals surface area contributed by atoms with Crippen molar-refractivity contribution in [3.05, 3.63) is 60.1 Å². The highest BCUT2D eigenvalue weighted by Crippen LogP contribution is 2.02. The molecule has 2 rings (SSSR count). The van der Waals surface area contributed by atoms with Gasteiger partial charge in [0.05, 0.1) is 6.26 Å². The first-order valence-corrected chi connectivity index (χ1v) is 8.00. The lowest BCUT2D eigenvalue weighted by atomic mass is 10.1. The number of urea groups is 1. The fraction of sp³-hybridized carbons (Fsp3) is 0.389. The number of nitrogens with one attached hydrogen (secondary N) is 2. The molecule has 0 saturated heterocycles. The zero-order chi connectivity index (χ0) is 16.2. The standard InChI is InChI=1S/C18H24N2O3/c21-18(19-11-4-9-16-7-2-1-3-8-16)20-12-6-13-22-15-17-10-5-14-23-17/h1-3,5,7-8,10,14H,4,6,9,11-13,15H2,(H2,19,20,21). The van der Waals surface area contributed by atoms with Crippen LogP contribution in [0.2, 0.25) is 0 Å². The van der Waals surface area contributed by atoms with E-state index in [0.29, 0.717) is 26.3 Å². The lowest BCUT2D eigenvalue weighted by molar-refractivity contribution is 0.104. The van der Waals surface area contributed by atoms with Crippen LogP contribution < -0.4 is 10.6 Å². The second-order valence-corrected chi connectivity index (χ2v) is 5.26. The van der Waals surface area contributed by atoms with Crippen molar-refractivity contribution in [3.8, 4) is 0 Å². The summed E-state index contributed by atoms with van der Waals surface area (Å²) in [5, 5.41) is 5.68. The highest BCUT2D eigenvalue weighted by Gasteiger charge is 2.00. The third kappa shape index (κ3) is 7.51. The third-order valence-electron chi connectivity index (χ3n) is 3.35. The van der Waals surface area contributed by atoms with Gasteiger partial charge < -0.3 is 19.8 Å². The lowest BCUT2D eigenvalue weighted by Gasteiger charge is -2.08. The number of carbonyl (C=O) groups is 1. The van der Waals surface area contributed by atoms with E-state index in [9.17, 15) is 4.79 Å². The number of carbonyl (C=O) groups excluding carboxylic acids is 1. The molecule has 2 aromatic rings. The van der Waals surface area contributed by atoms with Crippen molar-refractivity contribution >= 4 is 6.03 Å². The molecule has 1 aromatic heterocycles. The minimum atomic E-state index is -0.121. The van der Waals surface area contributed by atoms with E-state index in [4.69, 9.17) is 9.15 Å². The van der Waals surface area contributed by atoms with Gasteiger partial charge in [0, 0.05) is 19.7 Å². The van der Waals surface area contributed by atoms with Crippen LogP contribution in [0.3, 0.4) is 0 Å². The van der Waals surface area contributed by atoms with Crippen LogP contribution in [0, 0.1) is 0 Å². The zero-order valence-electron chi connectivity index (χ0n) is 13.3. The maximum Gasteiger partial charge on any atom is 0.314 e. The van der Waals surface area contributed by atoms with Crippen molar-refractivity contribution in [2.75, 3.05) is 19.7 Å². The SMILES string of the molecule is O=C(NCCCOCc1ccco1)NCCCc1ccccc1. The second kappa shape index (κ2) is 10.5. The van der Waals surface area contributed by atoms with E-state index in [1.165, 1.54) is 5.56 Å². The first-order valence-electron chi connectivity index (χ1n) is 8.00. The molecule has 5 nitrogen and oxygen atoms in total. The highest BCUT2D eigenvalue weighted by atomic mass is 16.5. The van der Waals surface area contributed by atoms with Crippen molar-refractivity contribution < 1.29 is 13.9 Å². The van der Waals surface area contributed by atoms with Gasteiger partial charge in [-0.05, 0) is 37.0 Å². The summed E-state index contributed by atoms with van der Waals surface area (Å²) in [7, 11) is 0. The average Bonchev–Trinajstić information content (AvgIpc) is 3.09. The Balaban J connectivity index is 1.41. The van der Waals surface area contributed by atoms with Crippen LogP contribution in [-0.2, 0) is 17.8 Å². The Morgan fingerprint density at radius 2 is 1.78 bits per heavy atom. The Kier molecular flexibility index (Phi) is 7.77. The number of furan rings is 1. The molecule has 0 aliphatic heterocycles. The number of aryl methyl sites for hydroxylation is 1. The molecule has 124 valence electrons. The van der Waals surface area contributed by atoms with Crippen LogP contribution in [0.4, 0.5) is 4.79 Å². The van der Waals surface area contributed by atoms with E-state index < -0.39 is 0 Å². The fourth-order valence-corrected chi connectivity index (χ4v) is 2.15. The predicted octanol–water partition coefficient (Wildman–Crippen LogP) is 3.12. The van der Waals surface area contributed by atoms with E-state index in [-0.39, 0.29) is 6.03 Å². The van der Waals surface area contributed by atoms with E-state index >= 15 is 0 Å². The van der Waals surface area contributed by atoms with E-state index in [1.54, 1.807) is 6.26 Å². The van der Waals surface area contributed by atoms with Gasteiger partial charge in [0.25, 0.3) is 0 Å². The van der Waals surface area contributed by atoms with Crippen molar-refractivity contribution in [2.45, 2.75) is 25.9 Å². The van der Waals surface area contributed by atoms with Gasteiger partial charge >= 0.3 is 6.03 Å². The monoisotopic (exact) mass is 316 g/mol. The summed E-state index contributed by atoms with van der Waals surface area (Å²) in [6.07, 6.45) is 4.31. The molecule has 0 aliphatic carbocycles. The molecule has 1 aromatic carbocycles. The van der Waals surface area contributed by atoms with Gasteiger partial charge in [-0.15, -0.1) is 0 Å². The van der Waals surface area contributed by atoms with Crippen LogP contribution in [0.5, 0.6) is 0 Å². The van der Waals surface area contributed by atoms with Crippen LogP contribution in [-0.4, -0.2) is 25.7 Å². The molecule has 0 bridgehead atoms. The number of hydrogen-bond donors (Lipinski definition) is 2. The second-order valence-electron chi connectivity index (χ2n) is 5.26. The van der Waals surface area contributed by atoms with E-state index in [0.717, 1.165) is 25.0 Å². The van der Waals surface area contributed by atoms with Gasteiger partial charge in [0.2, 0.25) is 0 Å². The molecule has 0 saturated carbocycles. The van der Waals surface area contributed by atoms with Crippen LogP contribution in [0.25, 0.3) is 0 Å². The van der Waals surface area contributed by atoms with Gasteiger partial charge in [-0.25, -0.2) is 4.79 Å². The Labute approximate surface area is 137 Å². The quantitative estimate of drug-likeness (QED) is 0.662. The maximum absolute atomic E-state index is 11.6. The van der Waals surface area contributed by atoms with Gasteiger partial charge in [-0.3, -0.25) is 0 Å². The van der Waals surface area contributed by atoms with Gasteiger partial charge in [-0.1, -0.05) is 30.3 Å². The Hall–Kier alpha value is -2.27. The molecule has 0 radical (unpaired) electrons. The molecule has 0 spiro atoms. The smallest absolute Gasteiger partial charge is 0.314 e. The van der Waals surface area contributed by atoms with Crippen LogP contribution in [0.1, 0.15) is 24.2 Å². The van der Waals surface area contributed by atoms with Crippen molar-refractivity contribution in [1.82, 2.24) is 10.6 Å². The van der Waals surface area contributed by atoms with Gasteiger partial charge in [-0.2, -0.15) is 0 Å². The normalized spacial score (nSPS) is 10.4. The molecule has 1 heterocycles. The van der Waals surface area contributed by atoms with Crippen LogP contribution >= 0.6 is 0 Å². The number of hydrogen-bond acceptors (Lipinski definition) is 3. The molecule has 2 amide bonds. The summed E-state index contributed by atoms with van der Waals surface area (Å²) < 4.78 is 10.6. The number of ether oxygens (including phenoxy) is 1. The lowest BCUT2D eigenvalue weighted by Crippen LogP contribution is -2.36. The first kappa shape index (κ1) is 17.1. The van der Waals surface area contributed by atoms with Crippen molar-refractivity contribution in [3.63, 3.8) is 0 Å². The summed E-state index contributed by atoms with van der Waals surface area (Å²) in [6, 6.07) is 13.9. The molecular weight excluding hydrogens is 292 g/mol. The Morgan fingerprint density at radius 3 is 2.52 bits per heavy atom. The molecule has 5 heteroatoms. The summed E-state index contributed by atoms with van der Waals surface area (Å²) in [5.41, 5.74) is 1.29. The van der Waals surface area contributed by atoms with Crippen molar-refractivity contribution in [1.29, 1.82) is 0 Å². The first-order chi connectivity index (χ1) is 11.3. The zero-order valence-corrected chi connectivity index (χ0v) is 13.3. The summed E-state index contributed by atoms with van der Waals surface area (Å²) >= 11 is 0.